The second-order valence-electron chi connectivity index (χ2n) is 3.98. The Hall–Kier alpha value is -1.34. The second kappa shape index (κ2) is 5.75. The molecular formula is C14H11IN2OS. The molecule has 0 saturated heterocycles. The molecule has 0 aliphatic rings. The van der Waals surface area contributed by atoms with Gasteiger partial charge in [-0.25, -0.2) is 4.98 Å². The standard InChI is InChI=1S/C14H11IN2OS/c15-13-5-4-12(18-13)9-17-11-3-1-2-10(8-11)14-16-6-7-19-14/h1-8,17H,9H2. The first kappa shape index (κ1) is 12.7. The summed E-state index contributed by atoms with van der Waals surface area (Å²) in [4.78, 5) is 4.32. The summed E-state index contributed by atoms with van der Waals surface area (Å²) in [5.74, 6) is 0.934. The first-order chi connectivity index (χ1) is 9.31. The number of nitrogens with zero attached hydrogens (tertiary/aromatic N) is 1. The summed E-state index contributed by atoms with van der Waals surface area (Å²) in [5, 5.41) is 6.38. The van der Waals surface area contributed by atoms with Gasteiger partial charge in [-0.05, 0) is 46.9 Å². The molecule has 0 unspecified atom stereocenters. The maximum absolute atomic E-state index is 5.52. The number of nitrogens with one attached hydrogen (secondary N) is 1. The summed E-state index contributed by atoms with van der Waals surface area (Å²) < 4.78 is 6.43. The van der Waals surface area contributed by atoms with Crippen molar-refractivity contribution in [1.29, 1.82) is 0 Å². The Morgan fingerprint density at radius 1 is 1.26 bits per heavy atom. The average molecular weight is 382 g/mol. The Kier molecular flexibility index (Phi) is 3.84. The van der Waals surface area contributed by atoms with Crippen molar-refractivity contribution >= 4 is 39.6 Å². The van der Waals surface area contributed by atoms with Crippen LogP contribution in [0.4, 0.5) is 5.69 Å². The van der Waals surface area contributed by atoms with Crippen molar-refractivity contribution in [1.82, 2.24) is 4.98 Å². The molecule has 0 fully saturated rings. The minimum Gasteiger partial charge on any atom is -0.454 e. The average Bonchev–Trinajstić information content (AvgIpc) is 3.08. The van der Waals surface area contributed by atoms with Crippen LogP contribution in [0.1, 0.15) is 5.76 Å². The number of thiazole rings is 1. The van der Waals surface area contributed by atoms with Crippen LogP contribution in [-0.4, -0.2) is 4.98 Å². The SMILES string of the molecule is Ic1ccc(CNc2cccc(-c3nccs3)c2)o1. The molecule has 0 amide bonds. The van der Waals surface area contributed by atoms with E-state index in [2.05, 4.69) is 45.0 Å². The largest absolute Gasteiger partial charge is 0.454 e. The minimum absolute atomic E-state index is 0.685. The Morgan fingerprint density at radius 3 is 2.95 bits per heavy atom. The van der Waals surface area contributed by atoms with Crippen molar-refractivity contribution in [3.05, 3.63) is 57.5 Å². The van der Waals surface area contributed by atoms with Crippen LogP contribution >= 0.6 is 33.9 Å². The van der Waals surface area contributed by atoms with E-state index in [9.17, 15) is 0 Å². The highest BCUT2D eigenvalue weighted by molar-refractivity contribution is 14.1. The third kappa shape index (κ3) is 3.16. The van der Waals surface area contributed by atoms with E-state index in [1.807, 2.05) is 35.8 Å². The molecule has 96 valence electrons. The van der Waals surface area contributed by atoms with E-state index in [1.165, 1.54) is 0 Å². The molecule has 0 aliphatic heterocycles. The zero-order chi connectivity index (χ0) is 13.1. The molecule has 1 aromatic carbocycles. The highest BCUT2D eigenvalue weighted by Crippen LogP contribution is 2.24. The third-order valence-corrected chi connectivity index (χ3v) is 4.04. The van der Waals surface area contributed by atoms with Crippen LogP contribution in [0.25, 0.3) is 10.6 Å². The number of benzene rings is 1. The number of hydrogen-bond acceptors (Lipinski definition) is 4. The number of halogens is 1. The molecule has 2 aromatic heterocycles. The molecule has 0 atom stereocenters. The van der Waals surface area contributed by atoms with E-state index in [0.717, 1.165) is 25.8 Å². The van der Waals surface area contributed by atoms with Crippen molar-refractivity contribution < 1.29 is 4.42 Å². The van der Waals surface area contributed by atoms with E-state index < -0.39 is 0 Å². The quantitative estimate of drug-likeness (QED) is 0.670. The summed E-state index contributed by atoms with van der Waals surface area (Å²) in [6.45, 7) is 0.685. The molecule has 3 aromatic rings. The number of anilines is 1. The first-order valence-electron chi connectivity index (χ1n) is 5.79. The lowest BCUT2D eigenvalue weighted by atomic mass is 10.2. The zero-order valence-electron chi connectivity index (χ0n) is 9.97. The Labute approximate surface area is 128 Å². The Bertz CT molecular complexity index is 664. The van der Waals surface area contributed by atoms with Crippen LogP contribution in [0.3, 0.4) is 0 Å². The normalized spacial score (nSPS) is 10.6. The number of furan rings is 1. The van der Waals surface area contributed by atoms with Gasteiger partial charge in [-0.15, -0.1) is 11.3 Å². The van der Waals surface area contributed by atoms with Gasteiger partial charge in [0.2, 0.25) is 0 Å². The maximum Gasteiger partial charge on any atom is 0.164 e. The molecule has 0 radical (unpaired) electrons. The zero-order valence-corrected chi connectivity index (χ0v) is 12.9. The monoisotopic (exact) mass is 382 g/mol. The first-order valence-corrected chi connectivity index (χ1v) is 7.75. The molecule has 0 aliphatic carbocycles. The fourth-order valence-electron chi connectivity index (χ4n) is 1.76. The molecular weight excluding hydrogens is 371 g/mol. The van der Waals surface area contributed by atoms with Gasteiger partial charge in [0.05, 0.1) is 6.54 Å². The van der Waals surface area contributed by atoms with Gasteiger partial charge in [-0.3, -0.25) is 0 Å². The molecule has 3 rings (SSSR count). The molecule has 0 spiro atoms. The molecule has 2 heterocycles. The highest BCUT2D eigenvalue weighted by atomic mass is 127. The predicted molar refractivity (Wildman–Crippen MR) is 86.3 cm³/mol. The van der Waals surface area contributed by atoms with Crippen molar-refractivity contribution in [2.24, 2.45) is 0 Å². The number of hydrogen-bond donors (Lipinski definition) is 1. The van der Waals surface area contributed by atoms with Gasteiger partial charge in [-0.2, -0.15) is 0 Å². The van der Waals surface area contributed by atoms with Gasteiger partial charge < -0.3 is 9.73 Å². The van der Waals surface area contributed by atoms with Gasteiger partial charge in [0.25, 0.3) is 0 Å². The van der Waals surface area contributed by atoms with Crippen LogP contribution in [0.5, 0.6) is 0 Å². The van der Waals surface area contributed by atoms with Crippen LogP contribution in [0.2, 0.25) is 0 Å². The maximum atomic E-state index is 5.52. The topological polar surface area (TPSA) is 38.1 Å². The Morgan fingerprint density at radius 2 is 2.21 bits per heavy atom. The molecule has 3 nitrogen and oxygen atoms in total. The molecule has 1 N–H and O–H groups in total. The summed E-state index contributed by atoms with van der Waals surface area (Å²) >= 11 is 3.81. The fourth-order valence-corrected chi connectivity index (χ4v) is 2.86. The lowest BCUT2D eigenvalue weighted by molar-refractivity contribution is 0.493. The van der Waals surface area contributed by atoms with Gasteiger partial charge in [0.1, 0.15) is 10.8 Å². The second-order valence-corrected chi connectivity index (χ2v) is 5.94. The fraction of sp³-hybridized carbons (Fsp3) is 0.0714. The van der Waals surface area contributed by atoms with Crippen molar-refractivity contribution in [2.45, 2.75) is 6.54 Å². The van der Waals surface area contributed by atoms with Crippen molar-refractivity contribution in [3.8, 4) is 10.6 Å². The summed E-state index contributed by atoms with van der Waals surface area (Å²) in [6, 6.07) is 12.2. The van der Waals surface area contributed by atoms with Gasteiger partial charge in [0.15, 0.2) is 3.77 Å². The number of rotatable bonds is 4. The number of aromatic nitrogens is 1. The van der Waals surface area contributed by atoms with E-state index >= 15 is 0 Å². The molecule has 0 bridgehead atoms. The van der Waals surface area contributed by atoms with E-state index in [1.54, 1.807) is 11.3 Å². The van der Waals surface area contributed by atoms with E-state index in [4.69, 9.17) is 4.42 Å². The summed E-state index contributed by atoms with van der Waals surface area (Å²) in [7, 11) is 0. The van der Waals surface area contributed by atoms with Crippen molar-refractivity contribution in [3.63, 3.8) is 0 Å². The smallest absolute Gasteiger partial charge is 0.164 e. The van der Waals surface area contributed by atoms with Crippen LogP contribution < -0.4 is 5.32 Å². The van der Waals surface area contributed by atoms with Crippen molar-refractivity contribution in [2.75, 3.05) is 5.32 Å². The third-order valence-electron chi connectivity index (χ3n) is 2.64. The van der Waals surface area contributed by atoms with E-state index in [0.29, 0.717) is 6.54 Å². The minimum atomic E-state index is 0.685. The van der Waals surface area contributed by atoms with Crippen LogP contribution in [0, 0.1) is 3.77 Å². The molecule has 5 heteroatoms. The van der Waals surface area contributed by atoms with Crippen LogP contribution in [-0.2, 0) is 6.54 Å². The van der Waals surface area contributed by atoms with Gasteiger partial charge in [0, 0.05) is 22.8 Å². The lowest BCUT2D eigenvalue weighted by Gasteiger charge is -2.05. The highest BCUT2D eigenvalue weighted by Gasteiger charge is 2.03. The lowest BCUT2D eigenvalue weighted by Crippen LogP contribution is -1.97. The van der Waals surface area contributed by atoms with E-state index in [-0.39, 0.29) is 0 Å². The van der Waals surface area contributed by atoms with Gasteiger partial charge >= 0.3 is 0 Å². The van der Waals surface area contributed by atoms with Crippen LogP contribution in [0.15, 0.2) is 52.4 Å². The molecule has 19 heavy (non-hydrogen) atoms. The summed E-state index contributed by atoms with van der Waals surface area (Å²) in [6.07, 6.45) is 1.82. The van der Waals surface area contributed by atoms with Gasteiger partial charge in [-0.1, -0.05) is 12.1 Å². The predicted octanol–water partition coefficient (Wildman–Crippen LogP) is 4.62. The summed E-state index contributed by atoms with van der Waals surface area (Å²) in [5.41, 5.74) is 2.20. The molecule has 0 saturated carbocycles. The Balaban J connectivity index is 1.73.